The molecule has 0 radical (unpaired) electrons. The fourth-order valence-corrected chi connectivity index (χ4v) is 3.54. The van der Waals surface area contributed by atoms with Crippen molar-refractivity contribution in [2.45, 2.75) is 73.1 Å². The second-order valence-electron chi connectivity index (χ2n) is 9.04. The van der Waals surface area contributed by atoms with Gasteiger partial charge < -0.3 is 4.90 Å². The summed E-state index contributed by atoms with van der Waals surface area (Å²) < 4.78 is 0. The number of carbonyl (C=O) groups excluding carboxylic acids is 1. The van der Waals surface area contributed by atoms with Crippen molar-refractivity contribution >= 4 is 5.91 Å². The first-order chi connectivity index (χ1) is 10.2. The van der Waals surface area contributed by atoms with Gasteiger partial charge in [0.1, 0.15) is 0 Å². The highest BCUT2D eigenvalue weighted by atomic mass is 16.2. The first-order valence-corrected chi connectivity index (χ1v) is 9.19. The van der Waals surface area contributed by atoms with Gasteiger partial charge in [-0.25, -0.2) is 0 Å². The van der Waals surface area contributed by atoms with Crippen LogP contribution >= 0.6 is 0 Å². The Morgan fingerprint density at radius 2 is 1.95 bits per heavy atom. The third-order valence-corrected chi connectivity index (χ3v) is 5.08. The van der Waals surface area contributed by atoms with E-state index >= 15 is 0 Å². The number of rotatable bonds is 8. The minimum atomic E-state index is 0.190. The summed E-state index contributed by atoms with van der Waals surface area (Å²) >= 11 is 0. The summed E-state index contributed by atoms with van der Waals surface area (Å²) in [7, 11) is 0. The highest BCUT2D eigenvalue weighted by Gasteiger charge is 2.51. The average molecular weight is 306 g/mol. The monoisotopic (exact) mass is 305 g/mol. The highest BCUT2D eigenvalue weighted by Crippen LogP contribution is 2.55. The number of allylic oxidation sites excluding steroid dienone is 2. The number of hydrogen-bond donors (Lipinski definition) is 0. The molecule has 2 aliphatic carbocycles. The molecule has 2 unspecified atom stereocenters. The van der Waals surface area contributed by atoms with Crippen LogP contribution in [0.25, 0.3) is 0 Å². The van der Waals surface area contributed by atoms with Crippen molar-refractivity contribution in [1.82, 2.24) is 4.90 Å². The Balaban J connectivity index is 1.87. The molecule has 0 aliphatic heterocycles. The van der Waals surface area contributed by atoms with Crippen molar-refractivity contribution in [3.8, 4) is 0 Å². The van der Waals surface area contributed by atoms with E-state index in [1.165, 1.54) is 19.3 Å². The number of nitrogens with zero attached hydrogens (tertiary/aromatic N) is 1. The van der Waals surface area contributed by atoms with Gasteiger partial charge in [-0.05, 0) is 55.3 Å². The second-order valence-corrected chi connectivity index (χ2v) is 9.04. The zero-order valence-corrected chi connectivity index (χ0v) is 15.3. The third-order valence-electron chi connectivity index (χ3n) is 5.08. The number of hydrogen-bond acceptors (Lipinski definition) is 1. The normalized spacial score (nSPS) is 28.1. The molecule has 0 saturated heterocycles. The fraction of sp³-hybridized carbons (Fsp3) is 0.850. The van der Waals surface area contributed by atoms with E-state index in [2.05, 4.69) is 51.7 Å². The summed E-state index contributed by atoms with van der Waals surface area (Å²) in [4.78, 5) is 14.8. The van der Waals surface area contributed by atoms with Crippen LogP contribution in [0.2, 0.25) is 0 Å². The van der Waals surface area contributed by atoms with Crippen molar-refractivity contribution in [1.29, 1.82) is 0 Å². The molecule has 1 amide bonds. The molecule has 0 aromatic carbocycles. The van der Waals surface area contributed by atoms with E-state index in [1.54, 1.807) is 0 Å². The average Bonchev–Trinajstić information content (AvgIpc) is 3.29. The summed E-state index contributed by atoms with van der Waals surface area (Å²) in [6.07, 6.45) is 11.7. The molecule has 0 aromatic rings. The van der Waals surface area contributed by atoms with Crippen LogP contribution in [0.5, 0.6) is 0 Å². The Bertz CT molecular complexity index is 416. The Morgan fingerprint density at radius 3 is 2.50 bits per heavy atom. The Hall–Kier alpha value is -0.790. The van der Waals surface area contributed by atoms with Gasteiger partial charge in [0, 0.05) is 19.0 Å². The lowest BCUT2D eigenvalue weighted by Gasteiger charge is -2.33. The second kappa shape index (κ2) is 6.76. The van der Waals surface area contributed by atoms with Crippen LogP contribution < -0.4 is 0 Å². The minimum Gasteiger partial charge on any atom is -0.341 e. The maximum atomic E-state index is 12.6. The molecule has 22 heavy (non-hydrogen) atoms. The zero-order valence-electron chi connectivity index (χ0n) is 15.3. The lowest BCUT2D eigenvalue weighted by atomic mass is 9.94. The van der Waals surface area contributed by atoms with Gasteiger partial charge in [0.05, 0.1) is 0 Å². The molecule has 0 spiro atoms. The molecular weight excluding hydrogens is 270 g/mol. The predicted octanol–water partition coefficient (Wildman–Crippen LogP) is 5.04. The molecule has 2 heteroatoms. The van der Waals surface area contributed by atoms with E-state index in [4.69, 9.17) is 0 Å². The van der Waals surface area contributed by atoms with Crippen LogP contribution in [0.1, 0.15) is 73.1 Å². The number of carbonyl (C=O) groups is 1. The molecule has 2 atom stereocenters. The first kappa shape index (κ1) is 17.6. The predicted molar refractivity (Wildman–Crippen MR) is 93.6 cm³/mol. The molecule has 0 aromatic heterocycles. The molecule has 0 heterocycles. The van der Waals surface area contributed by atoms with E-state index in [1.807, 2.05) is 0 Å². The van der Waals surface area contributed by atoms with Gasteiger partial charge in [-0.3, -0.25) is 4.79 Å². The Kier molecular flexibility index (Phi) is 5.40. The van der Waals surface area contributed by atoms with E-state index in [0.717, 1.165) is 38.3 Å². The molecule has 2 aliphatic rings. The summed E-state index contributed by atoms with van der Waals surface area (Å²) in [5, 5.41) is 0. The smallest absolute Gasteiger partial charge is 0.225 e. The van der Waals surface area contributed by atoms with Crippen LogP contribution in [0, 0.1) is 22.7 Å². The van der Waals surface area contributed by atoms with Crippen molar-refractivity contribution in [2.24, 2.45) is 22.7 Å². The van der Waals surface area contributed by atoms with E-state index in [9.17, 15) is 4.79 Å². The van der Waals surface area contributed by atoms with Crippen LogP contribution in [0.15, 0.2) is 12.2 Å². The zero-order chi connectivity index (χ0) is 16.4. The van der Waals surface area contributed by atoms with Gasteiger partial charge in [-0.1, -0.05) is 46.8 Å². The quantitative estimate of drug-likeness (QED) is 0.575. The SMILES string of the molecule is CCC=CCCC1CC1(C)CN(CC(C)(C)C)C(=O)C1CC1. The molecule has 2 saturated carbocycles. The molecule has 0 bridgehead atoms. The van der Waals surface area contributed by atoms with E-state index in [0.29, 0.717) is 17.2 Å². The third kappa shape index (κ3) is 5.14. The Morgan fingerprint density at radius 1 is 1.27 bits per heavy atom. The molecule has 126 valence electrons. The van der Waals surface area contributed by atoms with E-state index in [-0.39, 0.29) is 5.41 Å². The summed E-state index contributed by atoms with van der Waals surface area (Å²) in [6, 6.07) is 0. The lowest BCUT2D eigenvalue weighted by molar-refractivity contribution is -0.134. The number of amides is 1. The Labute approximate surface area is 137 Å². The van der Waals surface area contributed by atoms with Crippen molar-refractivity contribution in [3.63, 3.8) is 0 Å². The molecule has 0 N–H and O–H groups in total. The van der Waals surface area contributed by atoms with Crippen molar-refractivity contribution < 1.29 is 4.79 Å². The minimum absolute atomic E-state index is 0.190. The molecule has 2 fully saturated rings. The summed E-state index contributed by atoms with van der Waals surface area (Å²) in [5.74, 6) is 1.58. The van der Waals surface area contributed by atoms with Gasteiger partial charge in [-0.15, -0.1) is 0 Å². The van der Waals surface area contributed by atoms with Gasteiger partial charge >= 0.3 is 0 Å². The summed E-state index contributed by atoms with van der Waals surface area (Å²) in [5.41, 5.74) is 0.561. The molecule has 2 nitrogen and oxygen atoms in total. The molecular formula is C20H35NO. The lowest BCUT2D eigenvalue weighted by Crippen LogP contribution is -2.42. The van der Waals surface area contributed by atoms with Gasteiger partial charge in [-0.2, -0.15) is 0 Å². The van der Waals surface area contributed by atoms with Crippen LogP contribution in [0.4, 0.5) is 0 Å². The van der Waals surface area contributed by atoms with Crippen LogP contribution in [-0.2, 0) is 4.79 Å². The first-order valence-electron chi connectivity index (χ1n) is 9.19. The van der Waals surface area contributed by atoms with Crippen LogP contribution in [0.3, 0.4) is 0 Å². The van der Waals surface area contributed by atoms with Crippen molar-refractivity contribution in [3.05, 3.63) is 12.2 Å². The standard InChI is InChI=1S/C20H35NO/c1-6-7-8-9-10-17-13-20(17,5)15-21(14-19(2,3)4)18(22)16-11-12-16/h7-8,16-17H,6,9-15H2,1-5H3. The topological polar surface area (TPSA) is 20.3 Å². The van der Waals surface area contributed by atoms with E-state index < -0.39 is 0 Å². The van der Waals surface area contributed by atoms with Gasteiger partial charge in [0.15, 0.2) is 0 Å². The fourth-order valence-electron chi connectivity index (χ4n) is 3.54. The maximum absolute atomic E-state index is 12.6. The maximum Gasteiger partial charge on any atom is 0.225 e. The van der Waals surface area contributed by atoms with Gasteiger partial charge in [0.25, 0.3) is 0 Å². The summed E-state index contributed by atoms with van der Waals surface area (Å²) in [6.45, 7) is 13.2. The largest absolute Gasteiger partial charge is 0.341 e. The van der Waals surface area contributed by atoms with Crippen molar-refractivity contribution in [2.75, 3.05) is 13.1 Å². The highest BCUT2D eigenvalue weighted by molar-refractivity contribution is 5.81. The van der Waals surface area contributed by atoms with Crippen LogP contribution in [-0.4, -0.2) is 23.9 Å². The van der Waals surface area contributed by atoms with Gasteiger partial charge in [0.2, 0.25) is 5.91 Å². The molecule has 2 rings (SSSR count).